The maximum atomic E-state index is 11.9. The number of thioether (sulfide) groups is 1. The van der Waals surface area contributed by atoms with Gasteiger partial charge in [0, 0.05) is 10.5 Å². The van der Waals surface area contributed by atoms with Crippen molar-refractivity contribution < 1.29 is 0 Å². The summed E-state index contributed by atoms with van der Waals surface area (Å²) < 4.78 is 0. The molecule has 0 radical (unpaired) electrons. The molecule has 3 N–H and O–H groups in total. The van der Waals surface area contributed by atoms with Crippen LogP contribution >= 0.6 is 11.8 Å². The van der Waals surface area contributed by atoms with Crippen LogP contribution in [0, 0.1) is 22.7 Å². The second-order valence-electron chi connectivity index (χ2n) is 4.94. The van der Waals surface area contributed by atoms with Gasteiger partial charge in [0.15, 0.2) is 0 Å². The van der Waals surface area contributed by atoms with E-state index in [0.717, 1.165) is 23.5 Å². The van der Waals surface area contributed by atoms with Gasteiger partial charge in [-0.15, -0.1) is 11.8 Å². The van der Waals surface area contributed by atoms with Crippen LogP contribution in [0.3, 0.4) is 0 Å². The Balaban J connectivity index is 2.48. The van der Waals surface area contributed by atoms with Gasteiger partial charge in [-0.2, -0.15) is 10.5 Å². The van der Waals surface area contributed by atoms with Gasteiger partial charge < -0.3 is 10.7 Å². The van der Waals surface area contributed by atoms with Crippen LogP contribution in [0.4, 0.5) is 5.82 Å². The van der Waals surface area contributed by atoms with Crippen LogP contribution in [-0.2, 0) is 0 Å². The van der Waals surface area contributed by atoms with Crippen molar-refractivity contribution in [2.45, 2.75) is 24.7 Å². The maximum absolute atomic E-state index is 11.9. The summed E-state index contributed by atoms with van der Waals surface area (Å²) in [6, 6.07) is 11.3. The number of nitrogens with one attached hydrogen (secondary N) is 1. The van der Waals surface area contributed by atoms with Crippen molar-refractivity contribution in [2.24, 2.45) is 0 Å². The molecule has 0 atom stereocenters. The summed E-state index contributed by atoms with van der Waals surface area (Å²) in [5, 5.41) is 18.5. The summed E-state index contributed by atoms with van der Waals surface area (Å²) in [4.78, 5) is 15.3. The summed E-state index contributed by atoms with van der Waals surface area (Å²) >= 11 is 1.75. The minimum absolute atomic E-state index is 0.0205. The Morgan fingerprint density at radius 2 is 1.83 bits per heavy atom. The maximum Gasteiger partial charge on any atom is 0.268 e. The molecule has 23 heavy (non-hydrogen) atoms. The van der Waals surface area contributed by atoms with Gasteiger partial charge in [-0.3, -0.25) is 4.79 Å². The molecule has 0 amide bonds. The number of hydrogen-bond acceptors (Lipinski definition) is 5. The zero-order valence-electron chi connectivity index (χ0n) is 12.7. The molecular weight excluding hydrogens is 308 g/mol. The van der Waals surface area contributed by atoms with Gasteiger partial charge in [0.05, 0.1) is 0 Å². The molecule has 1 aromatic carbocycles. The Bertz CT molecular complexity index is 841. The van der Waals surface area contributed by atoms with Gasteiger partial charge in [0.2, 0.25) is 0 Å². The van der Waals surface area contributed by atoms with Gasteiger partial charge in [-0.05, 0) is 29.9 Å². The summed E-state index contributed by atoms with van der Waals surface area (Å²) in [5.41, 5.74) is 6.08. The molecule has 5 nitrogen and oxygen atoms in total. The van der Waals surface area contributed by atoms with E-state index in [4.69, 9.17) is 5.73 Å². The summed E-state index contributed by atoms with van der Waals surface area (Å²) in [6.07, 6.45) is 2.29. The third-order valence-corrected chi connectivity index (χ3v) is 4.48. The highest BCUT2D eigenvalue weighted by Crippen LogP contribution is 2.30. The Hall–Kier alpha value is -2.70. The van der Waals surface area contributed by atoms with Gasteiger partial charge in [-0.25, -0.2) is 0 Å². The molecule has 0 aliphatic rings. The first-order valence-corrected chi connectivity index (χ1v) is 8.20. The fourth-order valence-corrected chi connectivity index (χ4v) is 3.18. The zero-order valence-corrected chi connectivity index (χ0v) is 13.5. The molecule has 0 saturated carbocycles. The highest BCUT2D eigenvalue weighted by molar-refractivity contribution is 7.99. The largest absolute Gasteiger partial charge is 0.384 e. The Kier molecular flexibility index (Phi) is 5.46. The van der Waals surface area contributed by atoms with E-state index < -0.39 is 5.56 Å². The molecule has 116 valence electrons. The average Bonchev–Trinajstić information content (AvgIpc) is 2.55. The van der Waals surface area contributed by atoms with E-state index in [-0.39, 0.29) is 16.9 Å². The third kappa shape index (κ3) is 3.56. The number of nitriles is 2. The van der Waals surface area contributed by atoms with E-state index in [1.54, 1.807) is 11.8 Å². The second kappa shape index (κ2) is 7.53. The normalized spacial score (nSPS) is 10.0. The predicted molar refractivity (Wildman–Crippen MR) is 92.0 cm³/mol. The fourth-order valence-electron chi connectivity index (χ4n) is 2.18. The second-order valence-corrected chi connectivity index (χ2v) is 6.11. The lowest BCUT2D eigenvalue weighted by Crippen LogP contribution is -2.16. The minimum atomic E-state index is -0.583. The molecule has 2 aromatic rings. The van der Waals surface area contributed by atoms with Crippen molar-refractivity contribution in [1.29, 1.82) is 10.5 Å². The van der Waals surface area contributed by atoms with Crippen LogP contribution in [0.15, 0.2) is 34.0 Å². The molecule has 0 aliphatic carbocycles. The molecule has 0 bridgehead atoms. The highest BCUT2D eigenvalue weighted by atomic mass is 32.2. The topological polar surface area (TPSA) is 106 Å². The predicted octanol–water partition coefficient (Wildman–Crippen LogP) is 3.26. The SMILES string of the molecule is CCCCSc1ccc(-c2c(C#N)c(N)[nH]c(=O)c2C#N)cc1. The standard InChI is InChI=1S/C17H16N4OS/c1-2-3-8-23-12-6-4-11(5-7-12)15-13(9-18)16(20)21-17(22)14(15)10-19/h4-7H,2-3,8H2,1H3,(H3,20,21,22). The monoisotopic (exact) mass is 324 g/mol. The summed E-state index contributed by atoms with van der Waals surface area (Å²) in [6.45, 7) is 2.15. The van der Waals surface area contributed by atoms with Gasteiger partial charge in [0.1, 0.15) is 29.1 Å². The molecule has 0 unspecified atom stereocenters. The number of nitrogen functional groups attached to an aromatic ring is 1. The first kappa shape index (κ1) is 16.7. The molecule has 1 aromatic heterocycles. The lowest BCUT2D eigenvalue weighted by molar-refractivity contribution is 0.896. The number of nitrogens with zero attached hydrogens (tertiary/aromatic N) is 2. The molecular formula is C17H16N4OS. The molecule has 1 heterocycles. The quantitative estimate of drug-likeness (QED) is 0.648. The molecule has 0 aliphatic heterocycles. The first-order valence-electron chi connectivity index (χ1n) is 7.21. The van der Waals surface area contributed by atoms with Crippen molar-refractivity contribution in [3.63, 3.8) is 0 Å². The van der Waals surface area contributed by atoms with Crippen molar-refractivity contribution in [3.05, 3.63) is 45.7 Å². The average molecular weight is 324 g/mol. The van der Waals surface area contributed by atoms with Crippen molar-refractivity contribution >= 4 is 17.6 Å². The minimum Gasteiger partial charge on any atom is -0.384 e. The molecule has 0 spiro atoms. The number of nitrogens with two attached hydrogens (primary N) is 1. The van der Waals surface area contributed by atoms with Crippen LogP contribution in [0.1, 0.15) is 30.9 Å². The Morgan fingerprint density at radius 1 is 1.17 bits per heavy atom. The number of H-pyrrole nitrogens is 1. The zero-order chi connectivity index (χ0) is 16.8. The first-order chi connectivity index (χ1) is 11.1. The number of aromatic nitrogens is 1. The van der Waals surface area contributed by atoms with Crippen molar-refractivity contribution in [1.82, 2.24) is 4.98 Å². The number of benzene rings is 1. The number of aromatic amines is 1. The Morgan fingerprint density at radius 3 is 2.39 bits per heavy atom. The van der Waals surface area contributed by atoms with Crippen LogP contribution in [0.2, 0.25) is 0 Å². The van der Waals surface area contributed by atoms with Crippen molar-refractivity contribution in [3.8, 4) is 23.3 Å². The number of anilines is 1. The fraction of sp³-hybridized carbons (Fsp3) is 0.235. The molecule has 6 heteroatoms. The van der Waals surface area contributed by atoms with Gasteiger partial charge in [0.25, 0.3) is 5.56 Å². The summed E-state index contributed by atoms with van der Waals surface area (Å²) in [7, 11) is 0. The van der Waals surface area contributed by atoms with E-state index in [1.807, 2.05) is 36.4 Å². The van der Waals surface area contributed by atoms with E-state index in [2.05, 4.69) is 11.9 Å². The highest BCUT2D eigenvalue weighted by Gasteiger charge is 2.17. The number of unbranched alkanes of at least 4 members (excludes halogenated alkanes) is 1. The van der Waals surface area contributed by atoms with E-state index in [1.165, 1.54) is 0 Å². The van der Waals surface area contributed by atoms with E-state index in [0.29, 0.717) is 11.1 Å². The molecule has 2 rings (SSSR count). The van der Waals surface area contributed by atoms with Gasteiger partial charge >= 0.3 is 0 Å². The number of pyridine rings is 1. The molecule has 0 saturated heterocycles. The smallest absolute Gasteiger partial charge is 0.268 e. The lowest BCUT2D eigenvalue weighted by Gasteiger charge is -2.09. The van der Waals surface area contributed by atoms with Crippen molar-refractivity contribution in [2.75, 3.05) is 11.5 Å². The van der Waals surface area contributed by atoms with Crippen LogP contribution in [-0.4, -0.2) is 10.7 Å². The number of hydrogen-bond donors (Lipinski definition) is 2. The van der Waals surface area contributed by atoms with Crippen LogP contribution < -0.4 is 11.3 Å². The van der Waals surface area contributed by atoms with E-state index >= 15 is 0 Å². The molecule has 0 fully saturated rings. The summed E-state index contributed by atoms with van der Waals surface area (Å²) in [5.74, 6) is 1.02. The van der Waals surface area contributed by atoms with Crippen LogP contribution in [0.5, 0.6) is 0 Å². The number of rotatable bonds is 5. The van der Waals surface area contributed by atoms with Gasteiger partial charge in [-0.1, -0.05) is 25.5 Å². The van der Waals surface area contributed by atoms with Crippen LogP contribution in [0.25, 0.3) is 11.1 Å². The Labute approximate surface area is 138 Å². The third-order valence-electron chi connectivity index (χ3n) is 3.38. The lowest BCUT2D eigenvalue weighted by atomic mass is 9.97. The van der Waals surface area contributed by atoms with E-state index in [9.17, 15) is 15.3 Å².